The predicted octanol–water partition coefficient (Wildman–Crippen LogP) is 0.988. The summed E-state index contributed by atoms with van der Waals surface area (Å²) in [6.07, 6.45) is 1.01. The molecule has 2 amide bonds. The number of carbonyl (C=O) groups excluding carboxylic acids is 3. The molecule has 0 radical (unpaired) electrons. The van der Waals surface area contributed by atoms with Crippen LogP contribution in [0.25, 0.3) is 0 Å². The minimum absolute atomic E-state index is 0.0627. The molecular weight excluding hydrogens is 302 g/mol. The molecule has 0 bridgehead atoms. The number of nitrogens with one attached hydrogen (secondary N) is 2. The summed E-state index contributed by atoms with van der Waals surface area (Å²) in [4.78, 5) is 36.4. The molecule has 0 aromatic heterocycles. The molecule has 1 aromatic rings. The third-order valence-corrected chi connectivity index (χ3v) is 3.37. The largest absolute Gasteiger partial charge is 0.466 e. The van der Waals surface area contributed by atoms with Gasteiger partial charge in [0.15, 0.2) is 0 Å². The summed E-state index contributed by atoms with van der Waals surface area (Å²) < 4.78 is 9.18. The van der Waals surface area contributed by atoms with Crippen molar-refractivity contribution in [2.24, 2.45) is 0 Å². The number of urea groups is 1. The summed E-state index contributed by atoms with van der Waals surface area (Å²) in [5, 5.41) is 5.58. The number of anilines is 2. The lowest BCUT2D eigenvalue weighted by Gasteiger charge is -2.28. The summed E-state index contributed by atoms with van der Waals surface area (Å²) in [6.45, 7) is 0.300. The first-order valence-corrected chi connectivity index (χ1v) is 6.76. The van der Waals surface area contributed by atoms with E-state index < -0.39 is 11.9 Å². The number of esters is 2. The summed E-state index contributed by atoms with van der Waals surface area (Å²) in [5.41, 5.74) is 2.01. The van der Waals surface area contributed by atoms with Gasteiger partial charge in [0.25, 0.3) is 0 Å². The summed E-state index contributed by atoms with van der Waals surface area (Å²) in [5.74, 6) is -1.39. The number of benzene rings is 1. The second-order valence-electron chi connectivity index (χ2n) is 4.72. The standard InChI is InChI=1S/C15H17N3O5/c1-18-12-6-4-5-10(9(12)8-16-15(18)21)17-11(14(20)23-3)7-13(19)22-2/h4-7,17H,8H2,1-3H3,(H,16,21)/b11-7+. The van der Waals surface area contributed by atoms with E-state index in [-0.39, 0.29) is 11.7 Å². The van der Waals surface area contributed by atoms with Crippen molar-refractivity contribution in [1.29, 1.82) is 0 Å². The van der Waals surface area contributed by atoms with Gasteiger partial charge in [0, 0.05) is 24.8 Å². The zero-order valence-corrected chi connectivity index (χ0v) is 13.0. The fraction of sp³-hybridized carbons (Fsp3) is 0.267. The minimum atomic E-state index is -0.707. The number of amides is 2. The van der Waals surface area contributed by atoms with Gasteiger partial charge < -0.3 is 20.1 Å². The van der Waals surface area contributed by atoms with E-state index in [1.807, 2.05) is 0 Å². The van der Waals surface area contributed by atoms with Crippen LogP contribution in [0, 0.1) is 0 Å². The second-order valence-corrected chi connectivity index (χ2v) is 4.72. The van der Waals surface area contributed by atoms with Crippen LogP contribution in [0.4, 0.5) is 16.2 Å². The molecule has 0 fully saturated rings. The summed E-state index contributed by atoms with van der Waals surface area (Å²) in [6, 6.07) is 5.05. The van der Waals surface area contributed by atoms with Crippen molar-refractivity contribution in [2.45, 2.75) is 6.54 Å². The Morgan fingerprint density at radius 1 is 1.30 bits per heavy atom. The number of nitrogens with zero attached hydrogens (tertiary/aromatic N) is 1. The first kappa shape index (κ1) is 16.3. The topological polar surface area (TPSA) is 97.0 Å². The molecule has 2 rings (SSSR count). The third kappa shape index (κ3) is 3.42. The Morgan fingerprint density at radius 2 is 2.04 bits per heavy atom. The highest BCUT2D eigenvalue weighted by Gasteiger charge is 2.23. The molecule has 122 valence electrons. The predicted molar refractivity (Wildman–Crippen MR) is 82.8 cm³/mol. The van der Waals surface area contributed by atoms with Gasteiger partial charge in [0.05, 0.1) is 26.0 Å². The molecule has 1 heterocycles. The lowest BCUT2D eigenvalue weighted by atomic mass is 10.1. The Labute approximate surface area is 133 Å². The molecule has 1 aromatic carbocycles. The number of carbonyl (C=O) groups is 3. The number of rotatable bonds is 4. The zero-order valence-electron chi connectivity index (χ0n) is 13.0. The van der Waals surface area contributed by atoms with E-state index in [0.29, 0.717) is 17.9 Å². The van der Waals surface area contributed by atoms with Crippen LogP contribution in [0.1, 0.15) is 5.56 Å². The smallest absolute Gasteiger partial charge is 0.354 e. The molecule has 0 spiro atoms. The van der Waals surface area contributed by atoms with Crippen LogP contribution in [0.3, 0.4) is 0 Å². The molecule has 0 saturated carbocycles. The van der Waals surface area contributed by atoms with Crippen molar-refractivity contribution in [3.63, 3.8) is 0 Å². The van der Waals surface area contributed by atoms with Crippen LogP contribution < -0.4 is 15.5 Å². The van der Waals surface area contributed by atoms with Gasteiger partial charge in [0.1, 0.15) is 5.70 Å². The van der Waals surface area contributed by atoms with Crippen molar-refractivity contribution < 1.29 is 23.9 Å². The molecule has 0 atom stereocenters. The average Bonchev–Trinajstić information content (AvgIpc) is 2.57. The first-order chi connectivity index (χ1) is 11.0. The van der Waals surface area contributed by atoms with Gasteiger partial charge in [-0.25, -0.2) is 14.4 Å². The maximum atomic E-state index is 11.8. The van der Waals surface area contributed by atoms with Crippen LogP contribution in [0.5, 0.6) is 0 Å². The van der Waals surface area contributed by atoms with Gasteiger partial charge in [-0.2, -0.15) is 0 Å². The maximum Gasteiger partial charge on any atom is 0.354 e. The van der Waals surface area contributed by atoms with Crippen LogP contribution in [0.15, 0.2) is 30.0 Å². The number of methoxy groups -OCH3 is 2. The SMILES string of the molecule is COC(=O)/C=C(/Nc1cccc2c1CNC(=O)N2C)C(=O)OC. The fourth-order valence-corrected chi connectivity index (χ4v) is 2.16. The Balaban J connectivity index is 2.38. The number of fused-ring (bicyclic) bond motifs is 1. The molecule has 0 aliphatic carbocycles. The van der Waals surface area contributed by atoms with Gasteiger partial charge in [-0.1, -0.05) is 6.07 Å². The highest BCUT2D eigenvalue weighted by atomic mass is 16.5. The number of hydrogen-bond acceptors (Lipinski definition) is 6. The van der Waals surface area contributed by atoms with E-state index in [1.54, 1.807) is 25.2 Å². The summed E-state index contributed by atoms with van der Waals surface area (Å²) >= 11 is 0. The van der Waals surface area contributed by atoms with Gasteiger partial charge >= 0.3 is 18.0 Å². The van der Waals surface area contributed by atoms with Crippen LogP contribution in [0.2, 0.25) is 0 Å². The quantitative estimate of drug-likeness (QED) is 0.634. The Hall–Kier alpha value is -3.03. The van der Waals surface area contributed by atoms with Gasteiger partial charge in [0.2, 0.25) is 0 Å². The van der Waals surface area contributed by atoms with Crippen molar-refractivity contribution in [1.82, 2.24) is 5.32 Å². The monoisotopic (exact) mass is 319 g/mol. The number of hydrogen-bond donors (Lipinski definition) is 2. The Bertz CT molecular complexity index is 684. The normalized spacial score (nSPS) is 13.8. The minimum Gasteiger partial charge on any atom is -0.466 e. The average molecular weight is 319 g/mol. The first-order valence-electron chi connectivity index (χ1n) is 6.76. The molecule has 1 aliphatic rings. The molecule has 8 heteroatoms. The van der Waals surface area contributed by atoms with Gasteiger partial charge in [-0.05, 0) is 12.1 Å². The Morgan fingerprint density at radius 3 is 2.70 bits per heavy atom. The summed E-state index contributed by atoms with van der Waals surface area (Å²) in [7, 11) is 4.06. The van der Waals surface area contributed by atoms with Gasteiger partial charge in [-0.15, -0.1) is 0 Å². The second kappa shape index (κ2) is 6.82. The molecule has 23 heavy (non-hydrogen) atoms. The van der Waals surface area contributed by atoms with E-state index in [1.165, 1.54) is 19.1 Å². The van der Waals surface area contributed by atoms with Crippen LogP contribution in [-0.2, 0) is 25.6 Å². The Kier molecular flexibility index (Phi) is 4.85. The highest BCUT2D eigenvalue weighted by Crippen LogP contribution is 2.30. The molecule has 2 N–H and O–H groups in total. The van der Waals surface area contributed by atoms with Crippen LogP contribution >= 0.6 is 0 Å². The molecule has 8 nitrogen and oxygen atoms in total. The van der Waals surface area contributed by atoms with Crippen LogP contribution in [-0.4, -0.2) is 39.2 Å². The maximum absolute atomic E-state index is 11.8. The van der Waals surface area contributed by atoms with E-state index >= 15 is 0 Å². The highest BCUT2D eigenvalue weighted by molar-refractivity contribution is 6.00. The van der Waals surface area contributed by atoms with E-state index in [0.717, 1.165) is 11.6 Å². The van der Waals surface area contributed by atoms with Crippen molar-refractivity contribution in [3.05, 3.63) is 35.5 Å². The fourth-order valence-electron chi connectivity index (χ4n) is 2.16. The molecule has 0 unspecified atom stereocenters. The lowest BCUT2D eigenvalue weighted by Crippen LogP contribution is -2.41. The van der Waals surface area contributed by atoms with E-state index in [9.17, 15) is 14.4 Å². The molecular formula is C15H17N3O5. The van der Waals surface area contributed by atoms with E-state index in [4.69, 9.17) is 0 Å². The lowest BCUT2D eigenvalue weighted by molar-refractivity contribution is -0.138. The van der Waals surface area contributed by atoms with E-state index in [2.05, 4.69) is 20.1 Å². The van der Waals surface area contributed by atoms with Crippen molar-refractivity contribution in [3.8, 4) is 0 Å². The van der Waals surface area contributed by atoms with Crippen molar-refractivity contribution in [2.75, 3.05) is 31.5 Å². The van der Waals surface area contributed by atoms with Crippen molar-refractivity contribution >= 4 is 29.3 Å². The number of ether oxygens (including phenoxy) is 2. The zero-order chi connectivity index (χ0) is 17.0. The molecule has 1 aliphatic heterocycles. The molecule has 0 saturated heterocycles. The third-order valence-electron chi connectivity index (χ3n) is 3.37. The van der Waals surface area contributed by atoms with Gasteiger partial charge in [-0.3, -0.25) is 4.90 Å².